The molecule has 22 heteroatoms. The summed E-state index contributed by atoms with van der Waals surface area (Å²) >= 11 is 6.38. The molecule has 2 fully saturated rings. The van der Waals surface area contributed by atoms with Gasteiger partial charge in [-0.15, -0.1) is 5.10 Å². The Morgan fingerprint density at radius 1 is 0.736 bits per heavy atom. The van der Waals surface area contributed by atoms with Gasteiger partial charge in [0.1, 0.15) is 41.5 Å². The van der Waals surface area contributed by atoms with E-state index in [9.17, 15) is 33.6 Å². The number of rotatable bonds is 12. The highest BCUT2D eigenvalue weighted by Gasteiger charge is 2.41. The SMILES string of the molecule is CC(C)(C)OC(=O)COC1CCN(C(=O)Nc2ccc(CC(C(=O)Nc3ccc4c(c3)cc(C(=O)OC(C)(C)C)n4C(=O)OC(C)(C)C)N3CCN(c4cc(Cl)ccc4-n4cnnn4)C(=O)C3=O)cc2)CC1. The van der Waals surface area contributed by atoms with E-state index in [0.29, 0.717) is 58.8 Å². The van der Waals surface area contributed by atoms with E-state index in [0.717, 1.165) is 4.57 Å². The number of aromatic nitrogens is 5. The molecule has 21 nitrogen and oxygen atoms in total. The number of ether oxygens (including phenoxy) is 4. The molecule has 3 aromatic carbocycles. The fourth-order valence-corrected chi connectivity index (χ4v) is 8.30. The van der Waals surface area contributed by atoms with Crippen molar-refractivity contribution in [1.29, 1.82) is 0 Å². The maximum Gasteiger partial charge on any atom is 0.419 e. The smallest absolute Gasteiger partial charge is 0.419 e. The summed E-state index contributed by atoms with van der Waals surface area (Å²) in [6.07, 6.45) is 1.34. The van der Waals surface area contributed by atoms with Gasteiger partial charge < -0.3 is 44.3 Å². The number of amides is 5. The van der Waals surface area contributed by atoms with Crippen molar-refractivity contribution in [3.8, 4) is 5.69 Å². The van der Waals surface area contributed by atoms with Crippen LogP contribution in [-0.4, -0.2) is 138 Å². The summed E-state index contributed by atoms with van der Waals surface area (Å²) in [5, 5.41) is 17.8. The van der Waals surface area contributed by atoms with Gasteiger partial charge in [-0.05, 0) is 146 Å². The minimum atomic E-state index is -1.25. The van der Waals surface area contributed by atoms with Crippen LogP contribution in [0.1, 0.15) is 91.2 Å². The Bertz CT molecular complexity index is 2860. The second kappa shape index (κ2) is 21.1. The fourth-order valence-electron chi connectivity index (χ4n) is 8.13. The molecular formula is C50H59ClN10O11. The first-order valence-electron chi connectivity index (χ1n) is 23.4. The summed E-state index contributed by atoms with van der Waals surface area (Å²) in [7, 11) is 0. The Morgan fingerprint density at radius 3 is 2.04 bits per heavy atom. The Morgan fingerprint density at radius 2 is 1.40 bits per heavy atom. The molecule has 2 aliphatic rings. The molecule has 0 saturated carbocycles. The predicted octanol–water partition coefficient (Wildman–Crippen LogP) is 6.79. The van der Waals surface area contributed by atoms with Crippen molar-refractivity contribution < 1.29 is 52.5 Å². The van der Waals surface area contributed by atoms with E-state index in [1.165, 1.54) is 32.9 Å². The molecule has 5 aromatic rings. The zero-order chi connectivity index (χ0) is 52.3. The molecule has 0 bridgehead atoms. The third-order valence-corrected chi connectivity index (χ3v) is 11.5. The molecule has 1 atom stereocenters. The van der Waals surface area contributed by atoms with Crippen molar-refractivity contribution in [3.63, 3.8) is 0 Å². The number of hydrogen-bond acceptors (Lipinski definition) is 14. The van der Waals surface area contributed by atoms with Crippen LogP contribution in [0.4, 0.5) is 26.7 Å². The number of piperazine rings is 1. The first-order valence-corrected chi connectivity index (χ1v) is 23.8. The summed E-state index contributed by atoms with van der Waals surface area (Å²) in [5.41, 5.74) is -0.185. The molecule has 382 valence electrons. The van der Waals surface area contributed by atoms with Crippen molar-refractivity contribution in [3.05, 3.63) is 89.3 Å². The first-order chi connectivity index (χ1) is 33.8. The van der Waals surface area contributed by atoms with Gasteiger partial charge in [0.15, 0.2) is 0 Å². The molecule has 72 heavy (non-hydrogen) atoms. The Hall–Kier alpha value is -7.39. The number of nitrogens with zero attached hydrogens (tertiary/aromatic N) is 8. The number of piperidine rings is 1. The summed E-state index contributed by atoms with van der Waals surface area (Å²) in [6, 6.07) is 16.1. The number of nitrogens with one attached hydrogen (secondary N) is 2. The molecule has 7 rings (SSSR count). The van der Waals surface area contributed by atoms with Crippen molar-refractivity contribution in [2.75, 3.05) is 48.3 Å². The minimum absolute atomic E-state index is 0.0283. The topological polar surface area (TPSA) is 239 Å². The molecule has 4 heterocycles. The van der Waals surface area contributed by atoms with E-state index in [4.69, 9.17) is 30.5 Å². The zero-order valence-corrected chi connectivity index (χ0v) is 42.4. The van der Waals surface area contributed by atoms with Gasteiger partial charge in [-0.25, -0.2) is 23.7 Å². The number of hydrogen-bond donors (Lipinski definition) is 2. The number of benzene rings is 3. The number of carbonyl (C=O) groups is 7. The van der Waals surface area contributed by atoms with Crippen LogP contribution in [0.5, 0.6) is 0 Å². The van der Waals surface area contributed by atoms with Gasteiger partial charge in [-0.1, -0.05) is 23.7 Å². The highest BCUT2D eigenvalue weighted by atomic mass is 35.5. The number of fused-ring (bicyclic) bond motifs is 1. The number of esters is 2. The largest absolute Gasteiger partial charge is 0.458 e. The predicted molar refractivity (Wildman–Crippen MR) is 265 cm³/mol. The number of halogens is 1. The van der Waals surface area contributed by atoms with Gasteiger partial charge >= 0.3 is 35.9 Å². The van der Waals surface area contributed by atoms with Gasteiger partial charge in [0, 0.05) is 54.4 Å². The van der Waals surface area contributed by atoms with Crippen LogP contribution in [0.2, 0.25) is 5.02 Å². The summed E-state index contributed by atoms with van der Waals surface area (Å²) < 4.78 is 24.8. The van der Waals surface area contributed by atoms with Gasteiger partial charge in [-0.2, -0.15) is 4.68 Å². The number of carbonyl (C=O) groups excluding carboxylic acids is 7. The van der Waals surface area contributed by atoms with Crippen LogP contribution in [-0.2, 0) is 44.5 Å². The van der Waals surface area contributed by atoms with Gasteiger partial charge in [0.2, 0.25) is 5.91 Å². The minimum Gasteiger partial charge on any atom is -0.458 e. The molecule has 0 radical (unpaired) electrons. The van der Waals surface area contributed by atoms with Crippen LogP contribution >= 0.6 is 11.6 Å². The van der Waals surface area contributed by atoms with E-state index < -0.39 is 58.6 Å². The first kappa shape index (κ1) is 52.4. The number of likely N-dealkylation sites (tertiary alicyclic amines) is 1. The molecule has 2 N–H and O–H groups in total. The average Bonchev–Trinajstić information content (AvgIpc) is 3.97. The lowest BCUT2D eigenvalue weighted by molar-refractivity contribution is -0.163. The van der Waals surface area contributed by atoms with Crippen molar-refractivity contribution in [1.82, 2.24) is 34.6 Å². The highest BCUT2D eigenvalue weighted by Crippen LogP contribution is 2.31. The van der Waals surface area contributed by atoms with E-state index in [1.54, 1.807) is 122 Å². The van der Waals surface area contributed by atoms with Crippen LogP contribution in [0, 0.1) is 0 Å². The summed E-state index contributed by atoms with van der Waals surface area (Å²) in [5.74, 6) is -3.75. The Kier molecular flexibility index (Phi) is 15.4. The highest BCUT2D eigenvalue weighted by molar-refractivity contribution is 6.41. The van der Waals surface area contributed by atoms with E-state index in [-0.39, 0.29) is 55.3 Å². The summed E-state index contributed by atoms with van der Waals surface area (Å²) in [4.78, 5) is 99.6. The van der Waals surface area contributed by atoms with Gasteiger partial charge in [0.25, 0.3) is 0 Å². The van der Waals surface area contributed by atoms with Crippen molar-refractivity contribution in [2.45, 2.75) is 111 Å². The van der Waals surface area contributed by atoms with E-state index in [1.807, 2.05) is 0 Å². The lowest BCUT2D eigenvalue weighted by Crippen LogP contribution is -2.60. The quantitative estimate of drug-likeness (QED) is 0.0744. The molecule has 1 unspecified atom stereocenters. The molecular weight excluding hydrogens is 952 g/mol. The molecule has 2 saturated heterocycles. The Labute approximate surface area is 421 Å². The number of anilines is 3. The van der Waals surface area contributed by atoms with Crippen LogP contribution < -0.4 is 15.5 Å². The fraction of sp³-hybridized carbons (Fsp3) is 0.440. The molecule has 0 spiro atoms. The lowest BCUT2D eigenvalue weighted by atomic mass is 10.0. The third-order valence-electron chi connectivity index (χ3n) is 11.2. The second-order valence-electron chi connectivity index (χ2n) is 20.4. The molecule has 2 aliphatic heterocycles. The zero-order valence-electron chi connectivity index (χ0n) is 41.7. The number of tetrazole rings is 1. The standard InChI is InChI=1S/C50H59ClN10O11/c1-48(2,3)70-41(62)28-69-35-18-20-57(21-19-35)46(67)54-33-13-10-30(11-14-33)24-39(59-23-22-58(43(64)44(59)65)38-27-32(51)12-16-37(38)60-29-52-55-56-60)42(63)53-34-15-17-36-31(25-34)26-40(45(66)71-49(4,5)6)61(36)47(68)72-50(7,8)9/h10-17,25-27,29,35,39H,18-24,28H2,1-9H3,(H,53,63)(H,54,67). The van der Waals surface area contributed by atoms with Gasteiger partial charge in [0.05, 0.1) is 23.0 Å². The lowest BCUT2D eigenvalue weighted by Gasteiger charge is -2.38. The number of urea groups is 1. The van der Waals surface area contributed by atoms with Crippen molar-refractivity contribution >= 4 is 81.4 Å². The van der Waals surface area contributed by atoms with Crippen LogP contribution in [0.3, 0.4) is 0 Å². The van der Waals surface area contributed by atoms with E-state index >= 15 is 0 Å². The van der Waals surface area contributed by atoms with Crippen LogP contribution in [0.25, 0.3) is 16.6 Å². The van der Waals surface area contributed by atoms with Gasteiger partial charge in [-0.3, -0.25) is 14.4 Å². The molecule has 2 aromatic heterocycles. The normalized spacial score (nSPS) is 15.3. The monoisotopic (exact) mass is 1010 g/mol. The maximum atomic E-state index is 14.6. The Balaban J connectivity index is 1.11. The average molecular weight is 1010 g/mol. The third kappa shape index (κ3) is 13.1. The van der Waals surface area contributed by atoms with E-state index in [2.05, 4.69) is 26.2 Å². The second-order valence-corrected chi connectivity index (χ2v) is 20.8. The maximum absolute atomic E-state index is 14.6. The molecule has 5 amide bonds. The molecule has 0 aliphatic carbocycles. The van der Waals surface area contributed by atoms with Crippen molar-refractivity contribution in [2.24, 2.45) is 0 Å². The summed E-state index contributed by atoms with van der Waals surface area (Å²) in [6.45, 7) is 16.1. The van der Waals surface area contributed by atoms with Crippen LogP contribution in [0.15, 0.2) is 73.1 Å².